The molecule has 1 atom stereocenters. The van der Waals surface area contributed by atoms with Crippen molar-refractivity contribution in [2.75, 3.05) is 19.6 Å². The zero-order chi connectivity index (χ0) is 10.5. The molecule has 2 N–H and O–H groups in total. The molecule has 0 aliphatic carbocycles. The van der Waals surface area contributed by atoms with E-state index in [2.05, 4.69) is 41.8 Å². The lowest BCUT2D eigenvalue weighted by Gasteiger charge is -2.10. The first-order valence-electron chi connectivity index (χ1n) is 5.81. The summed E-state index contributed by atoms with van der Waals surface area (Å²) in [6.45, 7) is 6.65. The average Bonchev–Trinajstić information content (AvgIpc) is 2.71. The number of rotatable bonds is 4. The highest BCUT2D eigenvalue weighted by Crippen LogP contribution is 2.07. The largest absolute Gasteiger partial charge is 0.316 e. The summed E-state index contributed by atoms with van der Waals surface area (Å²) < 4.78 is 0. The molecule has 1 saturated heterocycles. The summed E-state index contributed by atoms with van der Waals surface area (Å²) in [6.07, 6.45) is 1.32. The van der Waals surface area contributed by atoms with E-state index in [-0.39, 0.29) is 0 Å². The van der Waals surface area contributed by atoms with E-state index in [1.54, 1.807) is 0 Å². The van der Waals surface area contributed by atoms with E-state index in [4.69, 9.17) is 0 Å². The fourth-order valence-electron chi connectivity index (χ4n) is 2.13. The van der Waals surface area contributed by atoms with Crippen LogP contribution in [0.1, 0.15) is 17.5 Å². The molecule has 0 radical (unpaired) electrons. The van der Waals surface area contributed by atoms with Gasteiger partial charge in [-0.15, -0.1) is 0 Å². The third-order valence-electron chi connectivity index (χ3n) is 3.01. The molecule has 2 heteroatoms. The fourth-order valence-corrected chi connectivity index (χ4v) is 2.13. The molecule has 0 aromatic heterocycles. The molecule has 2 nitrogen and oxygen atoms in total. The Morgan fingerprint density at radius 2 is 2.40 bits per heavy atom. The van der Waals surface area contributed by atoms with Gasteiger partial charge in [0.15, 0.2) is 0 Å². The van der Waals surface area contributed by atoms with Crippen molar-refractivity contribution in [3.63, 3.8) is 0 Å². The van der Waals surface area contributed by atoms with Crippen molar-refractivity contribution < 1.29 is 0 Å². The van der Waals surface area contributed by atoms with Crippen LogP contribution in [0.2, 0.25) is 0 Å². The molecule has 1 aromatic carbocycles. The van der Waals surface area contributed by atoms with Gasteiger partial charge < -0.3 is 10.6 Å². The van der Waals surface area contributed by atoms with Gasteiger partial charge in [0, 0.05) is 6.54 Å². The predicted octanol–water partition coefficient (Wildman–Crippen LogP) is 1.69. The van der Waals surface area contributed by atoms with Crippen molar-refractivity contribution in [3.8, 4) is 0 Å². The second-order valence-corrected chi connectivity index (χ2v) is 4.48. The van der Waals surface area contributed by atoms with Gasteiger partial charge in [-0.1, -0.05) is 29.8 Å². The first kappa shape index (κ1) is 10.7. The van der Waals surface area contributed by atoms with Gasteiger partial charge in [-0.2, -0.15) is 0 Å². The van der Waals surface area contributed by atoms with E-state index in [0.29, 0.717) is 0 Å². The van der Waals surface area contributed by atoms with E-state index >= 15 is 0 Å². The van der Waals surface area contributed by atoms with Crippen LogP contribution in [0.4, 0.5) is 0 Å². The van der Waals surface area contributed by atoms with Crippen molar-refractivity contribution in [1.82, 2.24) is 10.6 Å². The Labute approximate surface area is 92.1 Å². The Kier molecular flexibility index (Phi) is 3.75. The van der Waals surface area contributed by atoms with Crippen LogP contribution in [0.25, 0.3) is 0 Å². The third-order valence-corrected chi connectivity index (χ3v) is 3.01. The van der Waals surface area contributed by atoms with E-state index in [1.807, 2.05) is 0 Å². The Morgan fingerprint density at radius 3 is 3.13 bits per heavy atom. The van der Waals surface area contributed by atoms with Crippen LogP contribution >= 0.6 is 0 Å². The molecule has 15 heavy (non-hydrogen) atoms. The zero-order valence-corrected chi connectivity index (χ0v) is 9.42. The van der Waals surface area contributed by atoms with E-state index in [0.717, 1.165) is 19.0 Å². The predicted molar refractivity (Wildman–Crippen MR) is 63.9 cm³/mol. The minimum absolute atomic E-state index is 0.829. The van der Waals surface area contributed by atoms with Gasteiger partial charge in [0.2, 0.25) is 0 Å². The summed E-state index contributed by atoms with van der Waals surface area (Å²) in [4.78, 5) is 0. The first-order valence-corrected chi connectivity index (χ1v) is 5.81. The number of aryl methyl sites for hydroxylation is 1. The molecule has 1 fully saturated rings. The van der Waals surface area contributed by atoms with Crippen molar-refractivity contribution in [3.05, 3.63) is 35.4 Å². The summed E-state index contributed by atoms with van der Waals surface area (Å²) >= 11 is 0. The lowest BCUT2D eigenvalue weighted by atomic mass is 10.1. The molecular weight excluding hydrogens is 184 g/mol. The van der Waals surface area contributed by atoms with Crippen molar-refractivity contribution in [2.24, 2.45) is 5.92 Å². The van der Waals surface area contributed by atoms with Crippen LogP contribution in [0.3, 0.4) is 0 Å². The van der Waals surface area contributed by atoms with Crippen LogP contribution in [0, 0.1) is 12.8 Å². The summed E-state index contributed by atoms with van der Waals surface area (Å²) in [5.41, 5.74) is 2.73. The summed E-state index contributed by atoms with van der Waals surface area (Å²) in [5.74, 6) is 0.829. The van der Waals surface area contributed by atoms with E-state index in [9.17, 15) is 0 Å². The van der Waals surface area contributed by atoms with Crippen molar-refractivity contribution >= 4 is 0 Å². The molecule has 0 amide bonds. The van der Waals surface area contributed by atoms with Crippen LogP contribution in [0.5, 0.6) is 0 Å². The summed E-state index contributed by atoms with van der Waals surface area (Å²) in [7, 11) is 0. The van der Waals surface area contributed by atoms with Crippen LogP contribution in [-0.4, -0.2) is 19.6 Å². The quantitative estimate of drug-likeness (QED) is 0.780. The van der Waals surface area contributed by atoms with Gasteiger partial charge in [-0.25, -0.2) is 0 Å². The third kappa shape index (κ3) is 3.33. The molecule has 1 heterocycles. The molecule has 2 rings (SSSR count). The zero-order valence-electron chi connectivity index (χ0n) is 9.42. The molecule has 82 valence electrons. The van der Waals surface area contributed by atoms with Crippen LogP contribution < -0.4 is 10.6 Å². The van der Waals surface area contributed by atoms with Gasteiger partial charge in [0.25, 0.3) is 0 Å². The molecule has 1 aliphatic rings. The molecule has 1 aromatic rings. The highest BCUT2D eigenvalue weighted by Gasteiger charge is 2.13. The highest BCUT2D eigenvalue weighted by molar-refractivity contribution is 5.21. The van der Waals surface area contributed by atoms with Gasteiger partial charge >= 0.3 is 0 Å². The molecule has 1 unspecified atom stereocenters. The molecule has 1 aliphatic heterocycles. The van der Waals surface area contributed by atoms with Gasteiger partial charge in [0.05, 0.1) is 0 Å². The maximum Gasteiger partial charge on any atom is 0.0205 e. The first-order chi connectivity index (χ1) is 7.34. The Morgan fingerprint density at radius 1 is 1.47 bits per heavy atom. The van der Waals surface area contributed by atoms with E-state index in [1.165, 1.54) is 30.6 Å². The molecule has 0 spiro atoms. The Hall–Kier alpha value is -0.860. The lowest BCUT2D eigenvalue weighted by Crippen LogP contribution is -2.24. The highest BCUT2D eigenvalue weighted by atomic mass is 14.9. The molecule has 0 bridgehead atoms. The van der Waals surface area contributed by atoms with Gasteiger partial charge in [-0.05, 0) is 44.5 Å². The smallest absolute Gasteiger partial charge is 0.0205 e. The Bertz CT molecular complexity index is 303. The fraction of sp³-hybridized carbons (Fsp3) is 0.538. The van der Waals surface area contributed by atoms with E-state index < -0.39 is 0 Å². The number of hydrogen-bond donors (Lipinski definition) is 2. The van der Waals surface area contributed by atoms with Crippen LogP contribution in [0.15, 0.2) is 24.3 Å². The standard InChI is InChI=1S/C13H20N2/c1-11-3-2-4-12(7-11)8-15-10-13-5-6-14-9-13/h2-4,7,13-15H,5-6,8-10H2,1H3. The SMILES string of the molecule is Cc1cccc(CNCC2CCNC2)c1. The minimum atomic E-state index is 0.829. The molecular formula is C13H20N2. The lowest BCUT2D eigenvalue weighted by molar-refractivity contribution is 0.512. The normalized spacial score (nSPS) is 20.7. The maximum absolute atomic E-state index is 3.53. The van der Waals surface area contributed by atoms with Gasteiger partial charge in [-0.3, -0.25) is 0 Å². The summed E-state index contributed by atoms with van der Waals surface area (Å²) in [6, 6.07) is 8.71. The topological polar surface area (TPSA) is 24.1 Å². The van der Waals surface area contributed by atoms with Crippen molar-refractivity contribution in [1.29, 1.82) is 0 Å². The summed E-state index contributed by atoms with van der Waals surface area (Å²) in [5, 5.41) is 6.92. The monoisotopic (exact) mass is 204 g/mol. The Balaban J connectivity index is 1.73. The van der Waals surface area contributed by atoms with Gasteiger partial charge in [0.1, 0.15) is 0 Å². The minimum Gasteiger partial charge on any atom is -0.316 e. The number of hydrogen-bond acceptors (Lipinski definition) is 2. The average molecular weight is 204 g/mol. The second kappa shape index (κ2) is 5.29. The molecule has 0 saturated carbocycles. The number of nitrogens with one attached hydrogen (secondary N) is 2. The number of benzene rings is 1. The maximum atomic E-state index is 3.53. The second-order valence-electron chi connectivity index (χ2n) is 4.48. The van der Waals surface area contributed by atoms with Crippen LogP contribution in [-0.2, 0) is 6.54 Å². The van der Waals surface area contributed by atoms with Crippen molar-refractivity contribution in [2.45, 2.75) is 19.9 Å².